The molecule has 1 aliphatic rings. The van der Waals surface area contributed by atoms with Gasteiger partial charge in [-0.2, -0.15) is 0 Å². The minimum absolute atomic E-state index is 0.549. The van der Waals surface area contributed by atoms with E-state index in [2.05, 4.69) is 27.1 Å². The Balaban J connectivity index is 1.98. The molecule has 3 N–H and O–H groups in total. The maximum atomic E-state index is 5.67. The molecule has 5 heteroatoms. The molecule has 2 rings (SSSR count). The lowest BCUT2D eigenvalue weighted by atomic mass is 10.1. The third kappa shape index (κ3) is 3.38. The van der Waals surface area contributed by atoms with Gasteiger partial charge in [-0.05, 0) is 32.0 Å². The zero-order valence-corrected chi connectivity index (χ0v) is 10.4. The zero-order chi connectivity index (χ0) is 12.1. The minimum atomic E-state index is 0.549. The normalized spacial score (nSPS) is 20.7. The number of nitrogens with one attached hydrogen (secondary N) is 1. The minimum Gasteiger partial charge on any atom is -0.384 e. The van der Waals surface area contributed by atoms with Crippen molar-refractivity contribution in [1.29, 1.82) is 0 Å². The van der Waals surface area contributed by atoms with Crippen molar-refractivity contribution < 1.29 is 0 Å². The number of nitrogens with zero attached hydrogens (tertiary/aromatic N) is 3. The van der Waals surface area contributed by atoms with E-state index in [-0.39, 0.29) is 0 Å². The second-order valence-corrected chi connectivity index (χ2v) is 4.46. The summed E-state index contributed by atoms with van der Waals surface area (Å²) in [5.74, 6) is 1.37. The Labute approximate surface area is 102 Å². The van der Waals surface area contributed by atoms with E-state index in [1.54, 1.807) is 12.3 Å². The Hall–Kier alpha value is -1.20. The largest absolute Gasteiger partial charge is 0.384 e. The highest BCUT2D eigenvalue weighted by atomic mass is 15.2. The van der Waals surface area contributed by atoms with Crippen LogP contribution in [0, 0.1) is 0 Å². The van der Waals surface area contributed by atoms with Crippen molar-refractivity contribution >= 4 is 5.82 Å². The van der Waals surface area contributed by atoms with Crippen LogP contribution in [-0.2, 0) is 6.54 Å². The van der Waals surface area contributed by atoms with E-state index in [0.717, 1.165) is 32.0 Å². The molecular formula is C12H21N5. The van der Waals surface area contributed by atoms with E-state index >= 15 is 0 Å². The summed E-state index contributed by atoms with van der Waals surface area (Å²) in [6.07, 6.45) is 4.23. The van der Waals surface area contributed by atoms with Crippen LogP contribution in [0.2, 0.25) is 0 Å². The summed E-state index contributed by atoms with van der Waals surface area (Å²) in [7, 11) is 0. The summed E-state index contributed by atoms with van der Waals surface area (Å²) in [4.78, 5) is 10.9. The molecule has 1 unspecified atom stereocenters. The van der Waals surface area contributed by atoms with Crippen LogP contribution in [0.4, 0.5) is 5.82 Å². The van der Waals surface area contributed by atoms with E-state index in [4.69, 9.17) is 5.73 Å². The Morgan fingerprint density at radius 2 is 2.47 bits per heavy atom. The van der Waals surface area contributed by atoms with E-state index in [1.807, 2.05) is 0 Å². The summed E-state index contributed by atoms with van der Waals surface area (Å²) in [5.41, 5.74) is 5.67. The number of likely N-dealkylation sites (N-methyl/N-ethyl adjacent to an activating group) is 1. The predicted molar refractivity (Wildman–Crippen MR) is 68.4 cm³/mol. The van der Waals surface area contributed by atoms with Crippen LogP contribution in [0.3, 0.4) is 0 Å². The Kier molecular flexibility index (Phi) is 4.28. The van der Waals surface area contributed by atoms with Crippen molar-refractivity contribution in [3.05, 3.63) is 18.1 Å². The molecule has 5 nitrogen and oxygen atoms in total. The molecule has 0 radical (unpaired) electrons. The third-order valence-corrected chi connectivity index (χ3v) is 3.26. The van der Waals surface area contributed by atoms with Gasteiger partial charge in [0.25, 0.3) is 0 Å². The molecule has 17 heavy (non-hydrogen) atoms. The topological polar surface area (TPSA) is 67.1 Å². The van der Waals surface area contributed by atoms with Crippen molar-refractivity contribution in [1.82, 2.24) is 20.2 Å². The van der Waals surface area contributed by atoms with Gasteiger partial charge >= 0.3 is 0 Å². The van der Waals surface area contributed by atoms with Crippen molar-refractivity contribution in [3.63, 3.8) is 0 Å². The first kappa shape index (κ1) is 12.3. The summed E-state index contributed by atoms with van der Waals surface area (Å²) in [6, 6.07) is 2.32. The lowest BCUT2D eigenvalue weighted by Gasteiger charge is -2.33. The first-order valence-corrected chi connectivity index (χ1v) is 6.31. The summed E-state index contributed by atoms with van der Waals surface area (Å²) in [5, 5.41) is 3.44. The molecule has 0 aliphatic carbocycles. The van der Waals surface area contributed by atoms with Gasteiger partial charge in [0.05, 0.1) is 6.54 Å². The first-order valence-electron chi connectivity index (χ1n) is 6.31. The Morgan fingerprint density at radius 1 is 1.59 bits per heavy atom. The highest BCUT2D eigenvalue weighted by molar-refractivity contribution is 5.24. The molecule has 0 amide bonds. The molecule has 0 bridgehead atoms. The van der Waals surface area contributed by atoms with Gasteiger partial charge in [-0.3, -0.25) is 4.90 Å². The van der Waals surface area contributed by atoms with Gasteiger partial charge < -0.3 is 11.1 Å². The van der Waals surface area contributed by atoms with E-state index in [1.165, 1.54) is 12.8 Å². The van der Waals surface area contributed by atoms with Crippen LogP contribution in [0.25, 0.3) is 0 Å². The molecular weight excluding hydrogens is 214 g/mol. The van der Waals surface area contributed by atoms with Gasteiger partial charge in [0, 0.05) is 18.8 Å². The fourth-order valence-corrected chi connectivity index (χ4v) is 2.32. The van der Waals surface area contributed by atoms with Gasteiger partial charge in [-0.15, -0.1) is 0 Å². The standard InChI is InChI=1S/C12H21N5/c1-2-17(10-4-3-6-14-8-10)9-12-15-7-5-11(13)16-12/h5,7,10,14H,2-4,6,8-9H2,1H3,(H2,13,15,16). The van der Waals surface area contributed by atoms with Gasteiger partial charge in [0.15, 0.2) is 0 Å². The van der Waals surface area contributed by atoms with Crippen molar-refractivity contribution in [2.45, 2.75) is 32.4 Å². The van der Waals surface area contributed by atoms with Crippen LogP contribution in [0.5, 0.6) is 0 Å². The molecule has 1 saturated heterocycles. The zero-order valence-electron chi connectivity index (χ0n) is 10.4. The Bertz CT molecular complexity index is 349. The average molecular weight is 235 g/mol. The molecule has 1 aromatic heterocycles. The van der Waals surface area contributed by atoms with E-state index < -0.39 is 0 Å². The monoisotopic (exact) mass is 235 g/mol. The third-order valence-electron chi connectivity index (χ3n) is 3.26. The van der Waals surface area contributed by atoms with Gasteiger partial charge in [0.2, 0.25) is 0 Å². The summed E-state index contributed by atoms with van der Waals surface area (Å²) >= 11 is 0. The number of rotatable bonds is 4. The van der Waals surface area contributed by atoms with Crippen molar-refractivity contribution in [2.75, 3.05) is 25.4 Å². The molecule has 0 aromatic carbocycles. The second kappa shape index (κ2) is 5.93. The quantitative estimate of drug-likeness (QED) is 0.801. The van der Waals surface area contributed by atoms with Gasteiger partial charge in [-0.25, -0.2) is 9.97 Å². The molecule has 0 spiro atoms. The fraction of sp³-hybridized carbons (Fsp3) is 0.667. The van der Waals surface area contributed by atoms with E-state index in [0.29, 0.717) is 11.9 Å². The summed E-state index contributed by atoms with van der Waals surface area (Å²) < 4.78 is 0. The predicted octanol–water partition coefficient (Wildman–Crippen LogP) is 0.633. The van der Waals surface area contributed by atoms with Crippen molar-refractivity contribution in [2.24, 2.45) is 0 Å². The molecule has 94 valence electrons. The number of aromatic nitrogens is 2. The molecule has 0 saturated carbocycles. The maximum Gasteiger partial charge on any atom is 0.144 e. The number of nitrogen functional groups attached to an aromatic ring is 1. The lowest BCUT2D eigenvalue weighted by molar-refractivity contribution is 0.162. The van der Waals surface area contributed by atoms with Crippen molar-refractivity contribution in [3.8, 4) is 0 Å². The average Bonchev–Trinajstić information content (AvgIpc) is 2.37. The number of hydrogen-bond donors (Lipinski definition) is 2. The van der Waals surface area contributed by atoms with Crippen LogP contribution >= 0.6 is 0 Å². The number of nitrogens with two attached hydrogens (primary N) is 1. The van der Waals surface area contributed by atoms with Crippen LogP contribution < -0.4 is 11.1 Å². The summed E-state index contributed by atoms with van der Waals surface area (Å²) in [6.45, 7) is 6.19. The number of hydrogen-bond acceptors (Lipinski definition) is 5. The molecule has 1 fully saturated rings. The smallest absolute Gasteiger partial charge is 0.144 e. The maximum absolute atomic E-state index is 5.67. The molecule has 1 atom stereocenters. The van der Waals surface area contributed by atoms with Crippen LogP contribution in [0.15, 0.2) is 12.3 Å². The number of anilines is 1. The van der Waals surface area contributed by atoms with E-state index in [9.17, 15) is 0 Å². The number of piperidine rings is 1. The fourth-order valence-electron chi connectivity index (χ4n) is 2.32. The first-order chi connectivity index (χ1) is 8.29. The van der Waals surface area contributed by atoms with Gasteiger partial charge in [0.1, 0.15) is 11.6 Å². The highest BCUT2D eigenvalue weighted by Crippen LogP contribution is 2.12. The second-order valence-electron chi connectivity index (χ2n) is 4.46. The molecule has 1 aliphatic heterocycles. The van der Waals surface area contributed by atoms with Crippen LogP contribution in [0.1, 0.15) is 25.6 Å². The SMILES string of the molecule is CCN(Cc1nccc(N)n1)C1CCCNC1. The Morgan fingerprint density at radius 3 is 3.12 bits per heavy atom. The molecule has 2 heterocycles. The van der Waals surface area contributed by atoms with Crippen LogP contribution in [-0.4, -0.2) is 40.5 Å². The van der Waals surface area contributed by atoms with Gasteiger partial charge in [-0.1, -0.05) is 6.92 Å². The highest BCUT2D eigenvalue weighted by Gasteiger charge is 2.20. The molecule has 1 aromatic rings. The lowest BCUT2D eigenvalue weighted by Crippen LogP contribution is -2.45.